The molecule has 51 heavy (non-hydrogen) atoms. The fourth-order valence-corrected chi connectivity index (χ4v) is 6.52. The van der Waals surface area contributed by atoms with Crippen LogP contribution in [0.3, 0.4) is 0 Å². The molecule has 6 aromatic rings. The number of nitrogens with one attached hydrogen (secondary N) is 1. The Bertz CT molecular complexity index is 2210. The number of nitrogens with zero attached hydrogens (tertiary/aromatic N) is 5. The second kappa shape index (κ2) is 18.9. The van der Waals surface area contributed by atoms with Crippen molar-refractivity contribution in [1.82, 2.24) is 29.5 Å². The highest BCUT2D eigenvalue weighted by atomic mass is 127. The van der Waals surface area contributed by atoms with Crippen molar-refractivity contribution in [3.05, 3.63) is 136 Å². The van der Waals surface area contributed by atoms with Crippen molar-refractivity contribution < 1.29 is 19.1 Å². The number of rotatable bonds is 6. The molecule has 17 heteroatoms. The molecule has 0 unspecified atom stereocenters. The van der Waals surface area contributed by atoms with Crippen molar-refractivity contribution in [3.8, 4) is 11.4 Å². The van der Waals surface area contributed by atoms with Crippen molar-refractivity contribution >= 4 is 105 Å². The zero-order valence-electron chi connectivity index (χ0n) is 27.2. The molecule has 10 nitrogen and oxygen atoms in total. The molecule has 0 radical (unpaired) electrons. The minimum atomic E-state index is -0.368. The lowest BCUT2D eigenvalue weighted by Gasteiger charge is -2.06. The van der Waals surface area contributed by atoms with Gasteiger partial charge in [0.1, 0.15) is 11.6 Å². The molecule has 0 amide bonds. The standard InChI is InChI=1S/C17H13Cl2N3O2S.C9H7Cl2N3S.C8H7IO2/c1-10-20-17(21-22(10)15-8-5-12(18)9-14(15)19)25-13-6-3-11(4-7-13)16(23)24-2;1-5-12-9(15)13-14(5)8-3-2-6(10)4-7(8)11;1-11-8(10)6-2-4-7(9)5-3-6/h3-9H,1-2H3;2-4H,1H3,(H,13,15);2-5H,1H3. The van der Waals surface area contributed by atoms with Crippen LogP contribution < -0.4 is 0 Å². The minimum absolute atomic E-state index is 0.290. The summed E-state index contributed by atoms with van der Waals surface area (Å²) in [5, 5.41) is 10.2. The van der Waals surface area contributed by atoms with Gasteiger partial charge in [0.05, 0.1) is 46.8 Å². The molecule has 0 bridgehead atoms. The lowest BCUT2D eigenvalue weighted by atomic mass is 10.2. The summed E-state index contributed by atoms with van der Waals surface area (Å²) >= 11 is 32.5. The first-order valence-corrected chi connectivity index (χ1v) is 18.3. The van der Waals surface area contributed by atoms with Crippen molar-refractivity contribution in [2.45, 2.75) is 23.9 Å². The van der Waals surface area contributed by atoms with E-state index in [1.54, 1.807) is 64.0 Å². The summed E-state index contributed by atoms with van der Waals surface area (Å²) in [6, 6.07) is 24.7. The number of hydrogen-bond donors (Lipinski definition) is 1. The summed E-state index contributed by atoms with van der Waals surface area (Å²) in [5.41, 5.74) is 2.58. The highest BCUT2D eigenvalue weighted by Gasteiger charge is 2.13. The molecule has 0 fully saturated rings. The monoisotopic (exact) mass is 914 g/mol. The number of aryl methyl sites for hydroxylation is 2. The average Bonchev–Trinajstić information content (AvgIpc) is 3.64. The predicted octanol–water partition coefficient (Wildman–Crippen LogP) is 10.4. The number of benzene rings is 4. The van der Waals surface area contributed by atoms with Gasteiger partial charge in [0, 0.05) is 18.5 Å². The first-order chi connectivity index (χ1) is 24.3. The third-order valence-corrected chi connectivity index (χ3v) is 9.42. The topological polar surface area (TPSA) is 117 Å². The molecule has 2 heterocycles. The molecule has 0 saturated heterocycles. The van der Waals surface area contributed by atoms with Crippen LogP contribution in [0.2, 0.25) is 20.1 Å². The number of H-pyrrole nitrogens is 1. The number of carbonyl (C=O) groups is 2. The molecule has 0 spiro atoms. The third kappa shape index (κ3) is 11.3. The zero-order valence-corrected chi connectivity index (χ0v) is 34.0. The van der Waals surface area contributed by atoms with Crippen molar-refractivity contribution in [2.75, 3.05) is 14.2 Å². The van der Waals surface area contributed by atoms with Crippen LogP contribution in [0.1, 0.15) is 32.4 Å². The first-order valence-electron chi connectivity index (χ1n) is 14.5. The largest absolute Gasteiger partial charge is 0.465 e. The van der Waals surface area contributed by atoms with Gasteiger partial charge in [-0.2, -0.15) is 0 Å². The van der Waals surface area contributed by atoms with E-state index in [-0.39, 0.29) is 11.9 Å². The Balaban J connectivity index is 0.000000190. The van der Waals surface area contributed by atoms with Crippen LogP contribution in [-0.2, 0) is 9.47 Å². The number of aromatic amines is 1. The smallest absolute Gasteiger partial charge is 0.337 e. The fraction of sp³-hybridized carbons (Fsp3) is 0.118. The van der Waals surface area contributed by atoms with E-state index >= 15 is 0 Å². The number of halogens is 5. The second-order valence-corrected chi connectivity index (χ2v) is 14.4. The SMILES string of the molecule is COC(=O)c1ccc(I)cc1.COC(=O)c1ccc(Sc2nc(C)n(-c3ccc(Cl)cc3Cl)n2)cc1.Cc1nc(=S)[nH]n1-c1ccc(Cl)cc1Cl. The molecular formula is C34H27Cl4IN6O4S2. The second-order valence-electron chi connectivity index (χ2n) is 10.1. The third-order valence-electron chi connectivity index (χ3n) is 6.58. The predicted molar refractivity (Wildman–Crippen MR) is 212 cm³/mol. The van der Waals surface area contributed by atoms with Gasteiger partial charge in [0.25, 0.3) is 0 Å². The van der Waals surface area contributed by atoms with Gasteiger partial charge in [0.2, 0.25) is 9.93 Å². The molecule has 0 aliphatic heterocycles. The molecular weight excluding hydrogens is 889 g/mol. The van der Waals surface area contributed by atoms with E-state index in [0.717, 1.165) is 20.0 Å². The van der Waals surface area contributed by atoms with Crippen molar-refractivity contribution in [1.29, 1.82) is 0 Å². The summed E-state index contributed by atoms with van der Waals surface area (Å²) in [5.74, 6) is 0.802. The van der Waals surface area contributed by atoms with Gasteiger partial charge < -0.3 is 9.47 Å². The maximum atomic E-state index is 11.5. The molecule has 0 aliphatic carbocycles. The normalized spacial score (nSPS) is 10.4. The Kier molecular flexibility index (Phi) is 14.9. The molecule has 264 valence electrons. The minimum Gasteiger partial charge on any atom is -0.465 e. The van der Waals surface area contributed by atoms with Crippen LogP contribution in [0.5, 0.6) is 0 Å². The van der Waals surface area contributed by atoms with Crippen molar-refractivity contribution in [2.24, 2.45) is 0 Å². The Morgan fingerprint density at radius 1 is 0.745 bits per heavy atom. The van der Waals surface area contributed by atoms with Crippen LogP contribution in [0.15, 0.2) is 95.0 Å². The number of carbonyl (C=O) groups excluding carboxylic acids is 2. The van der Waals surface area contributed by atoms with E-state index in [4.69, 9.17) is 58.6 Å². The number of methoxy groups -OCH3 is 2. The molecule has 0 aliphatic rings. The molecule has 0 saturated carbocycles. The summed E-state index contributed by atoms with van der Waals surface area (Å²) < 4.78 is 14.2. The number of ether oxygens (including phenoxy) is 2. The van der Waals surface area contributed by atoms with E-state index in [1.165, 1.54) is 26.0 Å². The average molecular weight is 916 g/mol. The van der Waals surface area contributed by atoms with Crippen LogP contribution in [-0.4, -0.2) is 55.7 Å². The van der Waals surface area contributed by atoms with Gasteiger partial charge in [-0.1, -0.05) is 46.4 Å². The first kappa shape index (κ1) is 40.3. The summed E-state index contributed by atoms with van der Waals surface area (Å²) in [6.07, 6.45) is 0. The van der Waals surface area contributed by atoms with Gasteiger partial charge >= 0.3 is 11.9 Å². The van der Waals surface area contributed by atoms with Gasteiger partial charge in [-0.3, -0.25) is 5.10 Å². The van der Waals surface area contributed by atoms with Crippen LogP contribution in [0.4, 0.5) is 0 Å². The summed E-state index contributed by atoms with van der Waals surface area (Å²) in [7, 11) is 2.73. The molecule has 6 rings (SSSR count). The quantitative estimate of drug-likeness (QED) is 0.0990. The molecule has 4 aromatic carbocycles. The van der Waals surface area contributed by atoms with Gasteiger partial charge in [-0.25, -0.2) is 28.9 Å². The number of esters is 2. The maximum absolute atomic E-state index is 11.5. The molecule has 0 atom stereocenters. The van der Waals surface area contributed by atoms with E-state index < -0.39 is 0 Å². The van der Waals surface area contributed by atoms with Crippen LogP contribution >= 0.6 is 93.0 Å². The fourth-order valence-electron chi connectivity index (χ4n) is 4.17. The van der Waals surface area contributed by atoms with Crippen LogP contribution in [0, 0.1) is 22.2 Å². The number of hydrogen-bond acceptors (Lipinski definition) is 9. The number of aromatic nitrogens is 6. The highest BCUT2D eigenvalue weighted by molar-refractivity contribution is 14.1. The lowest BCUT2D eigenvalue weighted by molar-refractivity contribution is 0.0592. The van der Waals surface area contributed by atoms with E-state index in [0.29, 0.717) is 52.7 Å². The summed E-state index contributed by atoms with van der Waals surface area (Å²) in [4.78, 5) is 31.8. The lowest BCUT2D eigenvalue weighted by Crippen LogP contribution is -2.00. The Morgan fingerprint density at radius 2 is 1.25 bits per heavy atom. The Labute approximate surface area is 336 Å². The summed E-state index contributed by atoms with van der Waals surface area (Å²) in [6.45, 7) is 3.69. The maximum Gasteiger partial charge on any atom is 0.337 e. The van der Waals surface area contributed by atoms with E-state index in [9.17, 15) is 9.59 Å². The molecule has 2 aromatic heterocycles. The van der Waals surface area contributed by atoms with E-state index in [1.807, 2.05) is 44.2 Å². The van der Waals surface area contributed by atoms with Crippen LogP contribution in [0.25, 0.3) is 11.4 Å². The van der Waals surface area contributed by atoms with Gasteiger partial charge in [-0.05, 0) is 145 Å². The molecule has 1 N–H and O–H groups in total. The van der Waals surface area contributed by atoms with Gasteiger partial charge in [0.15, 0.2) is 0 Å². The Morgan fingerprint density at radius 3 is 1.73 bits per heavy atom. The zero-order chi connectivity index (χ0) is 37.2. The van der Waals surface area contributed by atoms with Crippen molar-refractivity contribution in [3.63, 3.8) is 0 Å². The Hall–Kier alpha value is -3.44. The van der Waals surface area contributed by atoms with E-state index in [2.05, 4.69) is 52.2 Å². The highest BCUT2D eigenvalue weighted by Crippen LogP contribution is 2.29. The van der Waals surface area contributed by atoms with Gasteiger partial charge in [-0.15, -0.1) is 5.10 Å².